The van der Waals surface area contributed by atoms with Gasteiger partial charge in [-0.05, 0) is 25.5 Å². The average molecular weight is 351 g/mol. The van der Waals surface area contributed by atoms with E-state index in [2.05, 4.69) is 5.32 Å². The van der Waals surface area contributed by atoms with E-state index in [-0.39, 0.29) is 24.0 Å². The number of morpholine rings is 1. The number of ketones is 1. The molecule has 136 valence electrons. The average Bonchev–Trinajstić information content (AvgIpc) is 2.58. The first-order chi connectivity index (χ1) is 11.9. The Bertz CT molecular complexity index is 657. The zero-order chi connectivity index (χ0) is 18.4. The third-order valence-electron chi connectivity index (χ3n) is 4.01. The van der Waals surface area contributed by atoms with Crippen LogP contribution in [0.15, 0.2) is 18.2 Å². The van der Waals surface area contributed by atoms with Crippen LogP contribution in [0.3, 0.4) is 0 Å². The standard InChI is InChI=1S/C16H21N3O6/c1-10(20)13-8-11(2-3-14(13)19(22)23)24-6-4-12(16(17)21)15-9-18-5-7-25-15/h2-3,8,12,15,18H,4-7,9H2,1H3,(H2,17,21). The molecule has 1 fully saturated rings. The number of nitrogens with two attached hydrogens (primary N) is 1. The molecule has 2 rings (SSSR count). The highest BCUT2D eigenvalue weighted by molar-refractivity contribution is 5.98. The van der Waals surface area contributed by atoms with Crippen molar-refractivity contribution >= 4 is 17.4 Å². The second kappa shape index (κ2) is 8.54. The van der Waals surface area contributed by atoms with Crippen molar-refractivity contribution in [3.63, 3.8) is 0 Å². The Kier molecular flexibility index (Phi) is 6.43. The van der Waals surface area contributed by atoms with Gasteiger partial charge in [0, 0.05) is 19.2 Å². The van der Waals surface area contributed by atoms with Crippen molar-refractivity contribution < 1.29 is 24.0 Å². The van der Waals surface area contributed by atoms with Crippen LogP contribution in [0.25, 0.3) is 0 Å². The number of hydrogen-bond acceptors (Lipinski definition) is 7. The third-order valence-corrected chi connectivity index (χ3v) is 4.01. The summed E-state index contributed by atoms with van der Waals surface area (Å²) in [5, 5.41) is 14.1. The number of benzene rings is 1. The first-order valence-electron chi connectivity index (χ1n) is 7.94. The van der Waals surface area contributed by atoms with E-state index in [9.17, 15) is 19.7 Å². The van der Waals surface area contributed by atoms with Crippen molar-refractivity contribution in [3.05, 3.63) is 33.9 Å². The van der Waals surface area contributed by atoms with Crippen LogP contribution < -0.4 is 15.8 Å². The number of nitro groups is 1. The summed E-state index contributed by atoms with van der Waals surface area (Å²) in [7, 11) is 0. The van der Waals surface area contributed by atoms with Gasteiger partial charge in [-0.15, -0.1) is 0 Å². The number of carbonyl (C=O) groups excluding carboxylic acids is 2. The molecule has 0 aliphatic carbocycles. The lowest BCUT2D eigenvalue weighted by molar-refractivity contribution is -0.385. The number of nitrogens with one attached hydrogen (secondary N) is 1. The molecule has 1 amide bonds. The summed E-state index contributed by atoms with van der Waals surface area (Å²) in [6, 6.07) is 3.98. The van der Waals surface area contributed by atoms with Gasteiger partial charge in [-0.2, -0.15) is 0 Å². The molecule has 0 bridgehead atoms. The minimum absolute atomic E-state index is 0.0197. The Hall–Kier alpha value is -2.52. The van der Waals surface area contributed by atoms with Crippen LogP contribution in [0, 0.1) is 16.0 Å². The molecule has 1 aromatic rings. The molecule has 1 aliphatic rings. The highest BCUT2D eigenvalue weighted by Crippen LogP contribution is 2.25. The lowest BCUT2D eigenvalue weighted by Crippen LogP contribution is -2.47. The van der Waals surface area contributed by atoms with Crippen LogP contribution in [-0.4, -0.2) is 49.0 Å². The summed E-state index contributed by atoms with van der Waals surface area (Å²) < 4.78 is 11.1. The molecular weight excluding hydrogens is 330 g/mol. The van der Waals surface area contributed by atoms with Gasteiger partial charge >= 0.3 is 0 Å². The van der Waals surface area contributed by atoms with Crippen molar-refractivity contribution in [1.82, 2.24) is 5.32 Å². The van der Waals surface area contributed by atoms with Gasteiger partial charge in [-0.1, -0.05) is 0 Å². The molecule has 3 N–H and O–H groups in total. The van der Waals surface area contributed by atoms with Crippen molar-refractivity contribution in [2.24, 2.45) is 11.7 Å². The fraction of sp³-hybridized carbons (Fsp3) is 0.500. The van der Waals surface area contributed by atoms with Crippen LogP contribution in [-0.2, 0) is 9.53 Å². The zero-order valence-corrected chi connectivity index (χ0v) is 13.9. The predicted molar refractivity (Wildman–Crippen MR) is 88.5 cm³/mol. The lowest BCUT2D eigenvalue weighted by atomic mass is 9.97. The summed E-state index contributed by atoms with van der Waals surface area (Å²) in [6.07, 6.45) is 0.0353. The second-order valence-electron chi connectivity index (χ2n) is 5.75. The largest absolute Gasteiger partial charge is 0.494 e. The van der Waals surface area contributed by atoms with E-state index in [1.54, 1.807) is 0 Å². The molecule has 0 radical (unpaired) electrons. The molecule has 1 aliphatic heterocycles. The molecule has 0 saturated carbocycles. The van der Waals surface area contributed by atoms with Gasteiger partial charge in [0.25, 0.3) is 5.69 Å². The van der Waals surface area contributed by atoms with E-state index < -0.39 is 22.5 Å². The maximum absolute atomic E-state index is 11.6. The Morgan fingerprint density at radius 2 is 2.28 bits per heavy atom. The molecule has 0 spiro atoms. The Morgan fingerprint density at radius 3 is 2.84 bits per heavy atom. The molecule has 25 heavy (non-hydrogen) atoms. The number of hydrogen-bond donors (Lipinski definition) is 2. The summed E-state index contributed by atoms with van der Waals surface area (Å²) >= 11 is 0. The fourth-order valence-corrected chi connectivity index (χ4v) is 2.71. The van der Waals surface area contributed by atoms with Crippen LogP contribution in [0.1, 0.15) is 23.7 Å². The first kappa shape index (κ1) is 18.8. The second-order valence-corrected chi connectivity index (χ2v) is 5.75. The molecule has 2 unspecified atom stereocenters. The number of amides is 1. The van der Waals surface area contributed by atoms with Crippen molar-refractivity contribution in [2.75, 3.05) is 26.3 Å². The molecular formula is C16H21N3O6. The number of carbonyl (C=O) groups is 2. The Labute approximate surface area is 144 Å². The van der Waals surface area contributed by atoms with Crippen molar-refractivity contribution in [3.8, 4) is 5.75 Å². The van der Waals surface area contributed by atoms with Gasteiger partial charge in [-0.3, -0.25) is 19.7 Å². The van der Waals surface area contributed by atoms with E-state index in [1.165, 1.54) is 25.1 Å². The maximum atomic E-state index is 11.6. The first-order valence-corrected chi connectivity index (χ1v) is 7.94. The number of ether oxygens (including phenoxy) is 2. The minimum atomic E-state index is -0.614. The Balaban J connectivity index is 2.00. The van der Waals surface area contributed by atoms with E-state index in [0.717, 1.165) is 6.54 Å². The number of primary amides is 1. The minimum Gasteiger partial charge on any atom is -0.494 e. The third kappa shape index (κ3) is 4.97. The number of rotatable bonds is 8. The zero-order valence-electron chi connectivity index (χ0n) is 13.9. The highest BCUT2D eigenvalue weighted by atomic mass is 16.6. The number of Topliss-reactive ketones (excluding diaryl/α,β-unsaturated/α-hetero) is 1. The monoisotopic (exact) mass is 351 g/mol. The molecule has 0 aromatic heterocycles. The molecule has 1 saturated heterocycles. The van der Waals surface area contributed by atoms with Crippen molar-refractivity contribution in [2.45, 2.75) is 19.4 Å². The van der Waals surface area contributed by atoms with Gasteiger partial charge < -0.3 is 20.5 Å². The van der Waals surface area contributed by atoms with Crippen LogP contribution >= 0.6 is 0 Å². The highest BCUT2D eigenvalue weighted by Gasteiger charge is 2.29. The van der Waals surface area contributed by atoms with Gasteiger partial charge in [0.1, 0.15) is 5.75 Å². The topological polar surface area (TPSA) is 134 Å². The van der Waals surface area contributed by atoms with Crippen LogP contribution in [0.2, 0.25) is 0 Å². The Morgan fingerprint density at radius 1 is 1.52 bits per heavy atom. The predicted octanol–water partition coefficient (Wildman–Crippen LogP) is 0.656. The molecule has 1 heterocycles. The summed E-state index contributed by atoms with van der Waals surface area (Å²) in [6.45, 7) is 3.21. The van der Waals surface area contributed by atoms with E-state index >= 15 is 0 Å². The molecule has 9 heteroatoms. The van der Waals surface area contributed by atoms with Gasteiger partial charge in [0.2, 0.25) is 5.91 Å². The fourth-order valence-electron chi connectivity index (χ4n) is 2.71. The summed E-state index contributed by atoms with van der Waals surface area (Å²) in [5.41, 5.74) is 5.16. The lowest BCUT2D eigenvalue weighted by Gasteiger charge is -2.29. The quantitative estimate of drug-likeness (QED) is 0.399. The number of nitro benzene ring substituents is 1. The van der Waals surface area contributed by atoms with Crippen LogP contribution in [0.4, 0.5) is 5.69 Å². The van der Waals surface area contributed by atoms with E-state index in [1.807, 2.05) is 0 Å². The molecule has 1 aromatic carbocycles. The normalized spacial score (nSPS) is 18.4. The van der Waals surface area contributed by atoms with Gasteiger partial charge in [0.15, 0.2) is 5.78 Å². The SMILES string of the molecule is CC(=O)c1cc(OCCC(C(N)=O)C2CNCCO2)ccc1[N+](=O)[O-]. The van der Waals surface area contributed by atoms with E-state index in [4.69, 9.17) is 15.2 Å². The van der Waals surface area contributed by atoms with Gasteiger partial charge in [0.05, 0.1) is 35.7 Å². The van der Waals surface area contributed by atoms with Crippen LogP contribution in [0.5, 0.6) is 5.75 Å². The number of nitrogens with zero attached hydrogens (tertiary/aromatic N) is 1. The molecule has 9 nitrogen and oxygen atoms in total. The molecule has 2 atom stereocenters. The van der Waals surface area contributed by atoms with Gasteiger partial charge in [-0.25, -0.2) is 0 Å². The van der Waals surface area contributed by atoms with E-state index in [0.29, 0.717) is 25.3 Å². The summed E-state index contributed by atoms with van der Waals surface area (Å²) in [4.78, 5) is 33.5. The maximum Gasteiger partial charge on any atom is 0.280 e. The van der Waals surface area contributed by atoms with Crippen molar-refractivity contribution in [1.29, 1.82) is 0 Å². The summed E-state index contributed by atoms with van der Waals surface area (Å²) in [5.74, 6) is -1.07. The smallest absolute Gasteiger partial charge is 0.280 e.